The van der Waals surface area contributed by atoms with E-state index in [9.17, 15) is 14.7 Å². The maximum absolute atomic E-state index is 13.0. The molecule has 2 aromatic carbocycles. The van der Waals surface area contributed by atoms with Gasteiger partial charge >= 0.3 is 0 Å². The van der Waals surface area contributed by atoms with E-state index >= 15 is 0 Å². The second-order valence-electron chi connectivity index (χ2n) is 7.48. The third kappa shape index (κ3) is 4.10. The Morgan fingerprint density at radius 2 is 1.91 bits per heavy atom. The third-order valence-electron chi connectivity index (χ3n) is 5.23. The SMILES string of the molecule is CCn1nc(C)cc1C(=O)Nc1nc2cc(C(N)=O)ccc2n1C[C@H](O)c1ccccc1. The van der Waals surface area contributed by atoms with E-state index in [0.29, 0.717) is 28.8 Å². The quantitative estimate of drug-likeness (QED) is 0.414. The molecule has 9 nitrogen and oxygen atoms in total. The molecule has 0 saturated heterocycles. The van der Waals surface area contributed by atoms with Crippen LogP contribution in [0.4, 0.5) is 5.95 Å². The van der Waals surface area contributed by atoms with Gasteiger partial charge in [-0.1, -0.05) is 30.3 Å². The van der Waals surface area contributed by atoms with E-state index in [2.05, 4.69) is 15.4 Å². The molecule has 0 unspecified atom stereocenters. The van der Waals surface area contributed by atoms with E-state index in [0.717, 1.165) is 11.3 Å². The first-order valence-corrected chi connectivity index (χ1v) is 10.3. The van der Waals surface area contributed by atoms with Crippen molar-refractivity contribution in [2.75, 3.05) is 5.32 Å². The van der Waals surface area contributed by atoms with Crippen LogP contribution in [0.25, 0.3) is 11.0 Å². The zero-order valence-corrected chi connectivity index (χ0v) is 17.8. The van der Waals surface area contributed by atoms with Crippen LogP contribution in [0.3, 0.4) is 0 Å². The molecule has 4 N–H and O–H groups in total. The topological polar surface area (TPSA) is 128 Å². The number of aryl methyl sites for hydroxylation is 2. The van der Waals surface area contributed by atoms with Crippen LogP contribution >= 0.6 is 0 Å². The molecule has 0 aliphatic heterocycles. The zero-order valence-electron chi connectivity index (χ0n) is 17.8. The maximum atomic E-state index is 13.0. The van der Waals surface area contributed by atoms with Crippen LogP contribution in [0.5, 0.6) is 0 Å². The van der Waals surface area contributed by atoms with Crippen LogP contribution in [0, 0.1) is 6.92 Å². The number of aromatic nitrogens is 4. The molecule has 1 atom stereocenters. The fourth-order valence-electron chi connectivity index (χ4n) is 3.65. The molecule has 4 aromatic rings. The van der Waals surface area contributed by atoms with Crippen molar-refractivity contribution in [3.63, 3.8) is 0 Å². The molecule has 2 aromatic heterocycles. The van der Waals surface area contributed by atoms with Gasteiger partial charge in [0.25, 0.3) is 5.91 Å². The number of benzene rings is 2. The van der Waals surface area contributed by atoms with Crippen molar-refractivity contribution in [1.82, 2.24) is 19.3 Å². The Bertz CT molecular complexity index is 1290. The van der Waals surface area contributed by atoms with Gasteiger partial charge in [-0.05, 0) is 43.7 Å². The van der Waals surface area contributed by atoms with Crippen molar-refractivity contribution in [1.29, 1.82) is 0 Å². The average Bonchev–Trinajstić information content (AvgIpc) is 3.33. The number of aliphatic hydroxyl groups excluding tert-OH is 1. The largest absolute Gasteiger partial charge is 0.387 e. The van der Waals surface area contributed by atoms with Crippen molar-refractivity contribution in [3.05, 3.63) is 77.1 Å². The smallest absolute Gasteiger partial charge is 0.276 e. The zero-order chi connectivity index (χ0) is 22.8. The number of carbonyl (C=O) groups excluding carboxylic acids is 2. The van der Waals surface area contributed by atoms with Crippen molar-refractivity contribution >= 4 is 28.8 Å². The number of fused-ring (bicyclic) bond motifs is 1. The summed E-state index contributed by atoms with van der Waals surface area (Å²) >= 11 is 0. The first-order chi connectivity index (χ1) is 15.4. The predicted molar refractivity (Wildman–Crippen MR) is 120 cm³/mol. The lowest BCUT2D eigenvalue weighted by atomic mass is 10.1. The van der Waals surface area contributed by atoms with Gasteiger partial charge in [0.2, 0.25) is 11.9 Å². The van der Waals surface area contributed by atoms with Gasteiger partial charge < -0.3 is 15.4 Å². The molecule has 32 heavy (non-hydrogen) atoms. The van der Waals surface area contributed by atoms with Crippen LogP contribution < -0.4 is 11.1 Å². The Balaban J connectivity index is 1.74. The Hall–Kier alpha value is -3.98. The molecule has 4 rings (SSSR count). The highest BCUT2D eigenvalue weighted by Crippen LogP contribution is 2.25. The highest BCUT2D eigenvalue weighted by atomic mass is 16.3. The van der Waals surface area contributed by atoms with E-state index in [1.54, 1.807) is 33.5 Å². The molecule has 164 valence electrons. The number of primary amides is 1. The van der Waals surface area contributed by atoms with Crippen LogP contribution in [-0.4, -0.2) is 36.3 Å². The lowest BCUT2D eigenvalue weighted by Gasteiger charge is -2.15. The van der Waals surface area contributed by atoms with Gasteiger partial charge in [-0.25, -0.2) is 4.98 Å². The number of nitrogens with zero attached hydrogens (tertiary/aromatic N) is 4. The summed E-state index contributed by atoms with van der Waals surface area (Å²) < 4.78 is 3.33. The minimum Gasteiger partial charge on any atom is -0.387 e. The first kappa shape index (κ1) is 21.3. The highest BCUT2D eigenvalue weighted by molar-refractivity contribution is 6.03. The fraction of sp³-hybridized carbons (Fsp3) is 0.217. The van der Waals surface area contributed by atoms with Crippen LogP contribution in [0.15, 0.2) is 54.6 Å². The Kier molecular flexibility index (Phi) is 5.74. The van der Waals surface area contributed by atoms with E-state index in [1.165, 1.54) is 0 Å². The number of hydrogen-bond donors (Lipinski definition) is 3. The standard InChI is InChI=1S/C23H24N6O3/c1-3-29-19(11-14(2)27-29)22(32)26-23-25-17-12-16(21(24)31)9-10-18(17)28(23)13-20(30)15-7-5-4-6-8-15/h4-12,20,30H,3,13H2,1-2H3,(H2,24,31)(H,25,26,32)/t20-/m0/s1. The number of anilines is 1. The van der Waals surface area contributed by atoms with Gasteiger partial charge in [-0.3, -0.25) is 19.6 Å². The minimum absolute atomic E-state index is 0.151. The summed E-state index contributed by atoms with van der Waals surface area (Å²) in [5.41, 5.74) is 8.73. The summed E-state index contributed by atoms with van der Waals surface area (Å²) in [5.74, 6) is -0.685. The van der Waals surface area contributed by atoms with Gasteiger partial charge in [0.15, 0.2) is 0 Å². The highest BCUT2D eigenvalue weighted by Gasteiger charge is 2.20. The van der Waals surface area contributed by atoms with E-state index in [1.807, 2.05) is 44.2 Å². The molecule has 2 heterocycles. The van der Waals surface area contributed by atoms with Crippen LogP contribution in [0.2, 0.25) is 0 Å². The second kappa shape index (κ2) is 8.64. The Morgan fingerprint density at radius 3 is 2.59 bits per heavy atom. The summed E-state index contributed by atoms with van der Waals surface area (Å²) in [5, 5.41) is 18.0. The molecule has 0 bridgehead atoms. The normalized spacial score (nSPS) is 12.1. The van der Waals surface area contributed by atoms with Gasteiger partial charge in [0.1, 0.15) is 5.69 Å². The molecule has 0 fully saturated rings. The molecular formula is C23H24N6O3. The van der Waals surface area contributed by atoms with Crippen molar-refractivity contribution in [2.24, 2.45) is 5.73 Å². The first-order valence-electron chi connectivity index (χ1n) is 10.3. The molecule has 0 aliphatic carbocycles. The molecule has 0 aliphatic rings. The van der Waals surface area contributed by atoms with Crippen molar-refractivity contribution < 1.29 is 14.7 Å². The molecule has 0 saturated carbocycles. The van der Waals surface area contributed by atoms with Gasteiger partial charge in [0.05, 0.1) is 29.4 Å². The molecule has 0 radical (unpaired) electrons. The van der Waals surface area contributed by atoms with Gasteiger partial charge in [0, 0.05) is 12.1 Å². The summed E-state index contributed by atoms with van der Waals surface area (Å²) in [7, 11) is 0. The number of amides is 2. The Labute approximate surface area is 184 Å². The lowest BCUT2D eigenvalue weighted by Crippen LogP contribution is -2.21. The molecule has 0 spiro atoms. The summed E-state index contributed by atoms with van der Waals surface area (Å²) in [6.45, 7) is 4.42. The summed E-state index contributed by atoms with van der Waals surface area (Å²) in [6, 6.07) is 15.8. The van der Waals surface area contributed by atoms with Gasteiger partial charge in [-0.2, -0.15) is 5.10 Å². The number of aliphatic hydroxyl groups is 1. The Morgan fingerprint density at radius 1 is 1.16 bits per heavy atom. The van der Waals surface area contributed by atoms with E-state index in [4.69, 9.17) is 5.73 Å². The van der Waals surface area contributed by atoms with Crippen LogP contribution in [-0.2, 0) is 13.1 Å². The average molecular weight is 432 g/mol. The molecule has 2 amide bonds. The number of hydrogen-bond acceptors (Lipinski definition) is 5. The minimum atomic E-state index is -0.830. The van der Waals surface area contributed by atoms with Crippen molar-refractivity contribution in [2.45, 2.75) is 33.0 Å². The van der Waals surface area contributed by atoms with Crippen LogP contribution in [0.1, 0.15) is 45.1 Å². The number of imidazole rings is 1. The van der Waals surface area contributed by atoms with E-state index in [-0.39, 0.29) is 18.4 Å². The van der Waals surface area contributed by atoms with Gasteiger partial charge in [-0.15, -0.1) is 0 Å². The second-order valence-corrected chi connectivity index (χ2v) is 7.48. The number of carbonyl (C=O) groups is 2. The predicted octanol–water partition coefficient (Wildman–Crippen LogP) is 2.65. The maximum Gasteiger partial charge on any atom is 0.276 e. The van der Waals surface area contributed by atoms with Crippen molar-refractivity contribution in [3.8, 4) is 0 Å². The third-order valence-corrected chi connectivity index (χ3v) is 5.23. The number of nitrogens with two attached hydrogens (primary N) is 1. The summed E-state index contributed by atoms with van der Waals surface area (Å²) in [6.07, 6.45) is -0.830. The number of nitrogens with one attached hydrogen (secondary N) is 1. The molecular weight excluding hydrogens is 408 g/mol. The monoisotopic (exact) mass is 432 g/mol. The summed E-state index contributed by atoms with van der Waals surface area (Å²) in [4.78, 5) is 29.1. The molecule has 9 heteroatoms. The fourth-order valence-corrected chi connectivity index (χ4v) is 3.65. The van der Waals surface area contributed by atoms with E-state index < -0.39 is 12.0 Å². The number of rotatable bonds is 7. The lowest BCUT2D eigenvalue weighted by molar-refractivity contribution is 0.0995.